The van der Waals surface area contributed by atoms with E-state index in [1.807, 2.05) is 0 Å². The zero-order valence-electron chi connectivity index (χ0n) is 16.6. The maximum absolute atomic E-state index is 12.7. The third kappa shape index (κ3) is 6.20. The first kappa shape index (κ1) is 22.9. The predicted molar refractivity (Wildman–Crippen MR) is 94.7 cm³/mol. The summed E-state index contributed by atoms with van der Waals surface area (Å²) < 4.78 is 15.2. The molecule has 0 saturated carbocycles. The van der Waals surface area contributed by atoms with Crippen molar-refractivity contribution in [1.29, 1.82) is 0 Å². The summed E-state index contributed by atoms with van der Waals surface area (Å²) in [6, 6.07) is 0. The Kier molecular flexibility index (Phi) is 9.20. The number of piperidine rings is 1. The average molecular weight is 387 g/mol. The molecule has 0 spiro atoms. The lowest BCUT2D eigenvalue weighted by Gasteiger charge is -2.35. The van der Waals surface area contributed by atoms with Crippen molar-refractivity contribution < 1.29 is 38.3 Å². The normalized spacial score (nSPS) is 19.7. The molecule has 0 aliphatic carbocycles. The Balaban J connectivity index is 3.09. The molecule has 1 rings (SSSR count). The van der Waals surface area contributed by atoms with Crippen LogP contribution in [-0.2, 0) is 33.4 Å². The van der Waals surface area contributed by atoms with E-state index in [2.05, 4.69) is 5.32 Å². The van der Waals surface area contributed by atoms with Crippen molar-refractivity contribution in [1.82, 2.24) is 5.32 Å². The minimum absolute atomic E-state index is 0.0554. The van der Waals surface area contributed by atoms with Gasteiger partial charge in [-0.25, -0.2) is 9.59 Å². The van der Waals surface area contributed by atoms with Gasteiger partial charge in [0.05, 0.1) is 32.9 Å². The van der Waals surface area contributed by atoms with Gasteiger partial charge in [-0.1, -0.05) is 0 Å². The Morgan fingerprint density at radius 1 is 1.00 bits per heavy atom. The molecule has 154 valence electrons. The molecule has 27 heavy (non-hydrogen) atoms. The van der Waals surface area contributed by atoms with Crippen LogP contribution in [0.3, 0.4) is 0 Å². The highest BCUT2D eigenvalue weighted by molar-refractivity contribution is 6.07. The van der Waals surface area contributed by atoms with E-state index in [-0.39, 0.29) is 31.6 Å². The Morgan fingerprint density at radius 3 is 2.04 bits per heavy atom. The summed E-state index contributed by atoms with van der Waals surface area (Å²) in [5, 5.41) is 2.45. The van der Waals surface area contributed by atoms with Crippen LogP contribution in [0.5, 0.6) is 0 Å². The van der Waals surface area contributed by atoms with E-state index in [4.69, 9.17) is 14.2 Å². The van der Waals surface area contributed by atoms with E-state index in [0.717, 1.165) is 11.3 Å². The molecule has 1 saturated heterocycles. The molecule has 0 radical (unpaired) electrons. The maximum atomic E-state index is 12.7. The summed E-state index contributed by atoms with van der Waals surface area (Å²) in [7, 11) is 0. The number of nitrogens with one attached hydrogen (secondary N) is 2. The van der Waals surface area contributed by atoms with Gasteiger partial charge in [-0.05, 0) is 33.6 Å². The lowest BCUT2D eigenvalue weighted by atomic mass is 9.93. The highest BCUT2D eigenvalue weighted by Gasteiger charge is 2.54. The Hall–Kier alpha value is -2.16. The first-order valence-electron chi connectivity index (χ1n) is 9.44. The van der Waals surface area contributed by atoms with Gasteiger partial charge in [-0.15, -0.1) is 0 Å². The first-order chi connectivity index (χ1) is 12.8. The summed E-state index contributed by atoms with van der Waals surface area (Å²) in [6.07, 6.45) is 1.43. The number of carbonyl (C=O) groups is 4. The summed E-state index contributed by atoms with van der Waals surface area (Å²) in [5.41, 5.74) is -1.94. The first-order valence-corrected chi connectivity index (χ1v) is 9.44. The molecule has 1 fully saturated rings. The van der Waals surface area contributed by atoms with E-state index in [1.54, 1.807) is 20.8 Å². The van der Waals surface area contributed by atoms with Crippen LogP contribution < -0.4 is 10.2 Å². The van der Waals surface area contributed by atoms with E-state index >= 15 is 0 Å². The molecule has 2 N–H and O–H groups in total. The van der Waals surface area contributed by atoms with Gasteiger partial charge in [0.2, 0.25) is 5.91 Å². The summed E-state index contributed by atoms with van der Waals surface area (Å²) in [5.74, 6) is -2.86. The van der Waals surface area contributed by atoms with Crippen LogP contribution in [0.1, 0.15) is 40.5 Å². The number of quaternary nitrogens is 1. The molecule has 1 unspecified atom stereocenters. The Bertz CT molecular complexity index is 532. The quantitative estimate of drug-likeness (QED) is 0.292. The second kappa shape index (κ2) is 10.9. The van der Waals surface area contributed by atoms with Crippen molar-refractivity contribution in [2.45, 2.75) is 46.1 Å². The van der Waals surface area contributed by atoms with Crippen LogP contribution in [0.25, 0.3) is 0 Å². The number of rotatable bonds is 9. The molecular weight excluding hydrogens is 356 g/mol. The third-order valence-electron chi connectivity index (χ3n) is 4.39. The van der Waals surface area contributed by atoms with E-state index in [0.29, 0.717) is 26.1 Å². The van der Waals surface area contributed by atoms with E-state index in [9.17, 15) is 19.2 Å². The van der Waals surface area contributed by atoms with Crippen molar-refractivity contribution >= 4 is 23.8 Å². The van der Waals surface area contributed by atoms with Crippen LogP contribution in [-0.4, -0.2) is 68.8 Å². The molecule has 0 aromatic heterocycles. The zero-order chi connectivity index (χ0) is 20.4. The Morgan fingerprint density at radius 2 is 1.56 bits per heavy atom. The van der Waals surface area contributed by atoms with E-state index in [1.165, 1.54) is 6.92 Å². The highest BCUT2D eigenvalue weighted by Crippen LogP contribution is 2.13. The fourth-order valence-corrected chi connectivity index (χ4v) is 3.33. The van der Waals surface area contributed by atoms with Crippen LogP contribution in [0, 0.1) is 5.92 Å². The molecule has 1 amide bonds. The van der Waals surface area contributed by atoms with Crippen molar-refractivity contribution in [3.05, 3.63) is 0 Å². The van der Waals surface area contributed by atoms with Gasteiger partial charge in [0, 0.05) is 6.92 Å². The van der Waals surface area contributed by atoms with Crippen molar-refractivity contribution in [3.63, 3.8) is 0 Å². The van der Waals surface area contributed by atoms with Gasteiger partial charge in [-0.2, -0.15) is 0 Å². The van der Waals surface area contributed by atoms with Crippen molar-refractivity contribution in [2.24, 2.45) is 5.92 Å². The molecule has 0 aromatic carbocycles. The molecule has 9 nitrogen and oxygen atoms in total. The Labute approximate surface area is 159 Å². The van der Waals surface area contributed by atoms with Crippen molar-refractivity contribution in [3.8, 4) is 0 Å². The van der Waals surface area contributed by atoms with Gasteiger partial charge >= 0.3 is 17.9 Å². The van der Waals surface area contributed by atoms with Gasteiger partial charge < -0.3 is 24.4 Å². The minimum Gasteiger partial charge on any atom is -0.466 e. The number of likely N-dealkylation sites (tertiary alicyclic amines) is 1. The summed E-state index contributed by atoms with van der Waals surface area (Å²) in [4.78, 5) is 50.0. The van der Waals surface area contributed by atoms with Gasteiger partial charge in [-0.3, -0.25) is 9.59 Å². The number of esters is 3. The van der Waals surface area contributed by atoms with Gasteiger partial charge in [0.25, 0.3) is 5.54 Å². The number of amides is 1. The molecule has 9 heteroatoms. The average Bonchev–Trinajstić information content (AvgIpc) is 2.61. The maximum Gasteiger partial charge on any atom is 0.349 e. The molecular formula is C18H31N2O7+. The van der Waals surface area contributed by atoms with Crippen molar-refractivity contribution in [2.75, 3.05) is 39.5 Å². The predicted octanol–water partition coefficient (Wildman–Crippen LogP) is -1.15. The molecule has 0 aromatic rings. The van der Waals surface area contributed by atoms with Crippen LogP contribution in [0.4, 0.5) is 0 Å². The van der Waals surface area contributed by atoms with Crippen LogP contribution in [0.2, 0.25) is 0 Å². The molecule has 1 heterocycles. The molecule has 0 bridgehead atoms. The largest absolute Gasteiger partial charge is 0.466 e. The highest BCUT2D eigenvalue weighted by atomic mass is 16.6. The second-order valence-electron chi connectivity index (χ2n) is 6.50. The number of carbonyl (C=O) groups excluding carboxylic acids is 4. The van der Waals surface area contributed by atoms with Gasteiger partial charge in [0.1, 0.15) is 12.5 Å². The van der Waals surface area contributed by atoms with Gasteiger partial charge in [0.15, 0.2) is 0 Å². The number of hydrogen-bond donors (Lipinski definition) is 2. The van der Waals surface area contributed by atoms with Crippen LogP contribution in [0.15, 0.2) is 0 Å². The number of hydrogen-bond acceptors (Lipinski definition) is 7. The molecule has 1 aliphatic rings. The lowest BCUT2D eigenvalue weighted by molar-refractivity contribution is -0.909. The SMILES string of the molecule is CCOC(=O)[C@H]1CCC[NH+](CC(NC(C)=O)(C(=O)OCC)C(=O)OCC)C1. The summed E-state index contributed by atoms with van der Waals surface area (Å²) >= 11 is 0. The van der Waals surface area contributed by atoms with E-state index < -0.39 is 23.4 Å². The number of ether oxygens (including phenoxy) is 3. The second-order valence-corrected chi connectivity index (χ2v) is 6.50. The smallest absolute Gasteiger partial charge is 0.349 e. The monoisotopic (exact) mass is 387 g/mol. The van der Waals surface area contributed by atoms with Crippen LogP contribution >= 0.6 is 0 Å². The third-order valence-corrected chi connectivity index (χ3v) is 4.39. The fourth-order valence-electron chi connectivity index (χ4n) is 3.33. The molecule has 1 aliphatic heterocycles. The molecule has 2 atom stereocenters. The lowest BCUT2D eigenvalue weighted by Crippen LogP contribution is -3.16. The topological polar surface area (TPSA) is 112 Å². The zero-order valence-corrected chi connectivity index (χ0v) is 16.6. The minimum atomic E-state index is -1.94. The summed E-state index contributed by atoms with van der Waals surface area (Å²) in [6.45, 7) is 7.61. The standard InChI is InChI=1S/C18H30N2O7/c1-5-25-15(22)14-9-8-10-20(11-14)12-18(19-13(4)21,16(23)26-6-2)17(24)27-7-3/h14H,5-12H2,1-4H3,(H,19,21)/p+1/t14-/m0/s1. The fraction of sp³-hybridized carbons (Fsp3) is 0.778.